The first-order valence-electron chi connectivity index (χ1n) is 10.8. The van der Waals surface area contributed by atoms with Crippen LogP contribution in [-0.2, 0) is 31.0 Å². The number of aryl methyl sites for hydroxylation is 1. The molecule has 2 aliphatic heterocycles. The second-order valence-corrected chi connectivity index (χ2v) is 11.7. The number of thioether (sulfide) groups is 2. The number of tetrazole rings is 1. The van der Waals surface area contributed by atoms with Gasteiger partial charge in [-0.25, -0.2) is 9.48 Å². The summed E-state index contributed by atoms with van der Waals surface area (Å²) >= 11 is 2.40. The molecule has 0 saturated carbocycles. The highest BCUT2D eigenvalue weighted by Crippen LogP contribution is 2.41. The van der Waals surface area contributed by atoms with Gasteiger partial charge in [-0.1, -0.05) is 42.1 Å². The highest BCUT2D eigenvalue weighted by molar-refractivity contribution is 8.01. The zero-order valence-electron chi connectivity index (χ0n) is 19.0. The van der Waals surface area contributed by atoms with Crippen LogP contribution >= 0.6 is 23.5 Å². The smallest absolute Gasteiger partial charge is 0.352 e. The number of hydrogen-bond acceptors (Lipinski definition) is 11. The van der Waals surface area contributed by atoms with Gasteiger partial charge >= 0.3 is 5.97 Å². The molecule has 2 aliphatic rings. The van der Waals surface area contributed by atoms with Gasteiger partial charge in [0.2, 0.25) is 5.16 Å². The van der Waals surface area contributed by atoms with E-state index in [4.69, 9.17) is 4.55 Å². The van der Waals surface area contributed by atoms with Gasteiger partial charge in [-0.2, -0.15) is 8.42 Å². The van der Waals surface area contributed by atoms with E-state index in [2.05, 4.69) is 20.8 Å². The fourth-order valence-corrected chi connectivity index (χ4v) is 6.68. The number of hydrogen-bond donors (Lipinski definition) is 4. The topological polar surface area (TPSA) is 205 Å². The SMILES string of the molecule is O=C(O)C1=C(CSc2nnnn2CCCS(=O)(=O)O)CS[C@@H]2C(NC(=O)[C@H](O)c3ccccc3)C(=O)N12. The van der Waals surface area contributed by atoms with Gasteiger partial charge in [-0.3, -0.25) is 19.0 Å². The molecule has 0 aliphatic carbocycles. The Morgan fingerprint density at radius 3 is 2.68 bits per heavy atom. The van der Waals surface area contributed by atoms with E-state index < -0.39 is 51.2 Å². The van der Waals surface area contributed by atoms with Crippen molar-refractivity contribution in [2.75, 3.05) is 17.3 Å². The van der Waals surface area contributed by atoms with Crippen LogP contribution in [0.5, 0.6) is 0 Å². The van der Waals surface area contributed by atoms with Crippen molar-refractivity contribution >= 4 is 51.4 Å². The number of carboxylic acid groups (broad SMARTS) is 1. The molecule has 17 heteroatoms. The van der Waals surface area contributed by atoms with Crippen LogP contribution in [0.15, 0.2) is 46.8 Å². The van der Waals surface area contributed by atoms with Gasteiger partial charge in [0.15, 0.2) is 6.10 Å². The lowest BCUT2D eigenvalue weighted by atomic mass is 10.0. The number of carboxylic acids is 1. The number of aliphatic hydroxyl groups is 1. The number of nitrogens with one attached hydrogen (secondary N) is 1. The Morgan fingerprint density at radius 2 is 2.00 bits per heavy atom. The van der Waals surface area contributed by atoms with Gasteiger partial charge in [0, 0.05) is 18.1 Å². The van der Waals surface area contributed by atoms with Gasteiger partial charge in [0.1, 0.15) is 17.1 Å². The van der Waals surface area contributed by atoms with E-state index in [1.807, 2.05) is 0 Å². The lowest BCUT2D eigenvalue weighted by Gasteiger charge is -2.49. The summed E-state index contributed by atoms with van der Waals surface area (Å²) in [7, 11) is -4.12. The average molecular weight is 571 g/mol. The maximum atomic E-state index is 12.8. The second-order valence-electron chi connectivity index (χ2n) is 8.08. The third-order valence-electron chi connectivity index (χ3n) is 5.56. The summed E-state index contributed by atoms with van der Waals surface area (Å²) in [6.07, 6.45) is -1.40. The number of aliphatic carboxylic acids is 1. The number of carbonyl (C=O) groups excluding carboxylic acids is 2. The lowest BCUT2D eigenvalue weighted by Crippen LogP contribution is -2.70. The predicted molar refractivity (Wildman–Crippen MR) is 131 cm³/mol. The van der Waals surface area contributed by atoms with E-state index in [0.29, 0.717) is 16.3 Å². The van der Waals surface area contributed by atoms with E-state index >= 15 is 0 Å². The number of amides is 2. The molecule has 198 valence electrons. The van der Waals surface area contributed by atoms with E-state index in [-0.39, 0.29) is 30.2 Å². The summed E-state index contributed by atoms with van der Waals surface area (Å²) in [5, 5.41) is 33.5. The molecule has 1 fully saturated rings. The molecule has 14 nitrogen and oxygen atoms in total. The molecule has 0 bridgehead atoms. The molecule has 0 spiro atoms. The average Bonchev–Trinajstić information content (AvgIpc) is 3.31. The maximum absolute atomic E-state index is 12.8. The Morgan fingerprint density at radius 1 is 1.27 bits per heavy atom. The van der Waals surface area contributed by atoms with Crippen LogP contribution in [0.3, 0.4) is 0 Å². The van der Waals surface area contributed by atoms with Crippen molar-refractivity contribution in [1.82, 2.24) is 30.4 Å². The molecule has 2 aromatic rings. The quantitative estimate of drug-likeness (QED) is 0.153. The van der Waals surface area contributed by atoms with Crippen LogP contribution in [0, 0.1) is 0 Å². The fraction of sp³-hybridized carbons (Fsp3) is 0.400. The van der Waals surface area contributed by atoms with Crippen molar-refractivity contribution in [2.24, 2.45) is 0 Å². The molecule has 1 aromatic carbocycles. The van der Waals surface area contributed by atoms with E-state index in [1.54, 1.807) is 30.3 Å². The number of aliphatic hydroxyl groups excluding tert-OH is 1. The summed E-state index contributed by atoms with van der Waals surface area (Å²) in [6.45, 7) is 0.123. The normalized spacial score (nSPS) is 20.3. The minimum atomic E-state index is -4.12. The monoisotopic (exact) mass is 570 g/mol. The Labute approximate surface area is 219 Å². The predicted octanol–water partition coefficient (Wildman–Crippen LogP) is -0.485. The number of fused-ring (bicyclic) bond motifs is 1. The van der Waals surface area contributed by atoms with Crippen molar-refractivity contribution in [1.29, 1.82) is 0 Å². The van der Waals surface area contributed by atoms with Gasteiger partial charge in [-0.05, 0) is 28.0 Å². The van der Waals surface area contributed by atoms with Crippen LogP contribution in [0.2, 0.25) is 0 Å². The van der Waals surface area contributed by atoms with Crippen LogP contribution in [0.4, 0.5) is 0 Å². The molecule has 1 saturated heterocycles. The molecular formula is C20H22N6O8S3. The van der Waals surface area contributed by atoms with Gasteiger partial charge in [0.25, 0.3) is 21.9 Å². The molecule has 3 atom stereocenters. The minimum Gasteiger partial charge on any atom is -0.477 e. The molecular weight excluding hydrogens is 548 g/mol. The van der Waals surface area contributed by atoms with Gasteiger partial charge < -0.3 is 15.5 Å². The van der Waals surface area contributed by atoms with Crippen molar-refractivity contribution < 1.29 is 37.6 Å². The summed E-state index contributed by atoms with van der Waals surface area (Å²) in [5.41, 5.74) is 0.639. The maximum Gasteiger partial charge on any atom is 0.352 e. The molecule has 4 N–H and O–H groups in total. The molecule has 37 heavy (non-hydrogen) atoms. The van der Waals surface area contributed by atoms with Crippen LogP contribution in [-0.4, -0.2) is 94.7 Å². The van der Waals surface area contributed by atoms with Gasteiger partial charge in [-0.15, -0.1) is 16.9 Å². The first kappa shape index (κ1) is 27.1. The summed E-state index contributed by atoms with van der Waals surface area (Å²) < 4.78 is 32.0. The molecule has 4 rings (SSSR count). The van der Waals surface area contributed by atoms with Gasteiger partial charge in [0.05, 0.1) is 5.75 Å². The Kier molecular flexibility index (Phi) is 8.17. The third-order valence-corrected chi connectivity index (χ3v) is 8.75. The zero-order chi connectivity index (χ0) is 26.7. The highest BCUT2D eigenvalue weighted by atomic mass is 32.2. The van der Waals surface area contributed by atoms with Crippen LogP contribution in [0.1, 0.15) is 18.1 Å². The van der Waals surface area contributed by atoms with Crippen LogP contribution in [0.25, 0.3) is 0 Å². The third kappa shape index (κ3) is 6.12. The van der Waals surface area contributed by atoms with Crippen molar-refractivity contribution in [2.45, 2.75) is 35.6 Å². The highest BCUT2D eigenvalue weighted by Gasteiger charge is 2.54. The summed E-state index contributed by atoms with van der Waals surface area (Å²) in [4.78, 5) is 38.5. The molecule has 1 aromatic heterocycles. The molecule has 3 heterocycles. The van der Waals surface area contributed by atoms with E-state index in [0.717, 1.165) is 16.7 Å². The largest absolute Gasteiger partial charge is 0.477 e. The Balaban J connectivity index is 1.41. The minimum absolute atomic E-state index is 0.0758. The van der Waals surface area contributed by atoms with Crippen LogP contribution < -0.4 is 5.32 Å². The number of benzene rings is 1. The summed E-state index contributed by atoms with van der Waals surface area (Å²) in [5.74, 6) is -2.70. The fourth-order valence-electron chi connectivity index (χ4n) is 3.80. The van der Waals surface area contributed by atoms with E-state index in [9.17, 15) is 33.0 Å². The van der Waals surface area contributed by atoms with Crippen molar-refractivity contribution in [3.63, 3.8) is 0 Å². The Hall–Kier alpha value is -2.99. The number of carbonyl (C=O) groups is 3. The second kappa shape index (κ2) is 11.2. The van der Waals surface area contributed by atoms with E-state index in [1.165, 1.54) is 16.4 Å². The molecule has 2 amide bonds. The zero-order valence-corrected chi connectivity index (χ0v) is 21.4. The number of β-lactam (4-membered cyclic amide) rings is 1. The first-order valence-corrected chi connectivity index (χ1v) is 14.5. The Bertz CT molecular complexity index is 1330. The summed E-state index contributed by atoms with van der Waals surface area (Å²) in [6, 6.07) is 7.25. The number of nitrogens with zero attached hydrogens (tertiary/aromatic N) is 5. The first-order chi connectivity index (χ1) is 17.6. The number of aromatic nitrogens is 4. The molecule has 1 unspecified atom stereocenters. The van der Waals surface area contributed by atoms with Crippen molar-refractivity contribution in [3.05, 3.63) is 47.2 Å². The molecule has 0 radical (unpaired) electrons. The number of rotatable bonds is 11. The van der Waals surface area contributed by atoms with Crippen molar-refractivity contribution in [3.8, 4) is 0 Å². The standard InChI is InChI=1S/C20H22N6O8S3/c27-15(11-5-2-1-3-6-11)16(28)21-13-17(29)26-14(19(30)31)12(9-35-18(13)26)10-36-20-22-23-24-25(20)7-4-8-37(32,33)34/h1-3,5-6,13,15,18,27H,4,7-10H2,(H,21,28)(H,30,31)(H,32,33,34)/t13?,15-,18-/m1/s1. The lowest BCUT2D eigenvalue weighted by molar-refractivity contribution is -0.151.